The van der Waals surface area contributed by atoms with Crippen LogP contribution in [0.3, 0.4) is 0 Å². The van der Waals surface area contributed by atoms with Crippen molar-refractivity contribution in [3.63, 3.8) is 0 Å². The van der Waals surface area contributed by atoms with Gasteiger partial charge in [-0.05, 0) is 43.2 Å². The Labute approximate surface area is 204 Å². The number of nitrogens with zero attached hydrogens (tertiary/aromatic N) is 5. The molecule has 1 unspecified atom stereocenters. The van der Waals surface area contributed by atoms with E-state index in [-0.39, 0.29) is 17.0 Å². The van der Waals surface area contributed by atoms with Crippen LogP contribution in [0.25, 0.3) is 28.2 Å². The maximum absolute atomic E-state index is 12.9. The number of fused-ring (bicyclic) bond motifs is 1. The number of halogens is 3. The van der Waals surface area contributed by atoms with Gasteiger partial charge in [-0.3, -0.25) is 9.55 Å². The van der Waals surface area contributed by atoms with Gasteiger partial charge in [0.2, 0.25) is 10.0 Å². The van der Waals surface area contributed by atoms with E-state index < -0.39 is 27.1 Å². The van der Waals surface area contributed by atoms with Gasteiger partial charge in [0.05, 0.1) is 17.0 Å². The number of pyridine rings is 3. The summed E-state index contributed by atoms with van der Waals surface area (Å²) in [5.41, 5.74) is 8.36. The van der Waals surface area contributed by atoms with Crippen molar-refractivity contribution in [3.8, 4) is 23.3 Å². The van der Waals surface area contributed by atoms with Crippen LogP contribution in [0.5, 0.6) is 0 Å². The van der Waals surface area contributed by atoms with Crippen LogP contribution < -0.4 is 10.5 Å². The van der Waals surface area contributed by atoms with Crippen LogP contribution in [0.1, 0.15) is 25.0 Å². The predicted molar refractivity (Wildman–Crippen MR) is 126 cm³/mol. The van der Waals surface area contributed by atoms with E-state index >= 15 is 0 Å². The van der Waals surface area contributed by atoms with Crippen molar-refractivity contribution in [3.05, 3.63) is 60.0 Å². The number of alkyl halides is 3. The Morgan fingerprint density at radius 1 is 1.17 bits per heavy atom. The third-order valence-electron chi connectivity index (χ3n) is 5.50. The molecule has 186 valence electrons. The molecule has 0 radical (unpaired) electrons. The molecule has 4 aromatic heterocycles. The maximum atomic E-state index is 12.9. The van der Waals surface area contributed by atoms with Gasteiger partial charge in [0.25, 0.3) is 0 Å². The van der Waals surface area contributed by atoms with Crippen molar-refractivity contribution < 1.29 is 21.6 Å². The van der Waals surface area contributed by atoms with Crippen LogP contribution in [-0.2, 0) is 16.4 Å². The molecule has 0 spiro atoms. The third-order valence-corrected chi connectivity index (χ3v) is 7.02. The number of nitrogens with one attached hydrogen (secondary N) is 1. The molecule has 4 heterocycles. The molecule has 4 rings (SSSR count). The third kappa shape index (κ3) is 4.60. The lowest BCUT2D eigenvalue weighted by molar-refractivity contribution is -0.147. The summed E-state index contributed by atoms with van der Waals surface area (Å²) in [4.78, 5) is 12.6. The molecule has 0 saturated heterocycles. The number of rotatable bonds is 6. The monoisotopic (exact) mass is 515 g/mol. The lowest BCUT2D eigenvalue weighted by Gasteiger charge is -2.17. The zero-order valence-electron chi connectivity index (χ0n) is 19.1. The Bertz CT molecular complexity index is 1590. The largest absolute Gasteiger partial charge is 0.404 e. The van der Waals surface area contributed by atoms with Gasteiger partial charge in [0.15, 0.2) is 0 Å². The fraction of sp³-hybridized carbons (Fsp3) is 0.217. The van der Waals surface area contributed by atoms with Crippen LogP contribution in [-0.4, -0.2) is 40.2 Å². The summed E-state index contributed by atoms with van der Waals surface area (Å²) in [5, 5.41) is 10.6. The summed E-state index contributed by atoms with van der Waals surface area (Å²) in [6.07, 6.45) is 0.0224. The molecule has 0 aromatic carbocycles. The van der Waals surface area contributed by atoms with E-state index in [9.17, 15) is 26.9 Å². The number of nitriles is 1. The first-order valence-corrected chi connectivity index (χ1v) is 12.2. The Hall–Kier alpha value is -4.02. The smallest absolute Gasteiger partial charge is 0.399 e. The van der Waals surface area contributed by atoms with E-state index in [1.54, 1.807) is 27.6 Å². The first kappa shape index (κ1) is 25.1. The Kier molecular flexibility index (Phi) is 6.42. The molecule has 9 nitrogen and oxygen atoms in total. The number of hydrogen-bond donors (Lipinski definition) is 2. The fourth-order valence-electron chi connectivity index (χ4n) is 3.58. The molecule has 36 heavy (non-hydrogen) atoms. The number of aryl methyl sites for hydroxylation is 1. The minimum Gasteiger partial charge on any atom is -0.399 e. The molecule has 3 N–H and O–H groups in total. The highest BCUT2D eigenvalue weighted by molar-refractivity contribution is 7.89. The average molecular weight is 516 g/mol. The maximum Gasteiger partial charge on any atom is 0.404 e. The van der Waals surface area contributed by atoms with Crippen LogP contribution >= 0.6 is 0 Å². The van der Waals surface area contributed by atoms with Gasteiger partial charge in [0, 0.05) is 35.7 Å². The first-order chi connectivity index (χ1) is 17.0. The van der Waals surface area contributed by atoms with Crippen molar-refractivity contribution in [1.29, 1.82) is 5.26 Å². The van der Waals surface area contributed by atoms with Gasteiger partial charge in [-0.25, -0.2) is 18.4 Å². The van der Waals surface area contributed by atoms with E-state index in [4.69, 9.17) is 5.73 Å². The van der Waals surface area contributed by atoms with E-state index in [2.05, 4.69) is 21.0 Å². The van der Waals surface area contributed by atoms with Gasteiger partial charge in [0.1, 0.15) is 28.5 Å². The van der Waals surface area contributed by atoms with Crippen LogP contribution in [0, 0.1) is 11.3 Å². The summed E-state index contributed by atoms with van der Waals surface area (Å²) in [6, 6.07) is 7.31. The average Bonchev–Trinajstić information content (AvgIpc) is 3.16. The van der Waals surface area contributed by atoms with E-state index in [0.29, 0.717) is 35.9 Å². The van der Waals surface area contributed by atoms with Crippen molar-refractivity contribution in [2.45, 2.75) is 37.4 Å². The molecule has 13 heteroatoms. The Morgan fingerprint density at radius 2 is 1.92 bits per heavy atom. The molecule has 4 aromatic rings. The summed E-state index contributed by atoms with van der Waals surface area (Å²) < 4.78 is 66.7. The normalized spacial score (nSPS) is 13.0. The van der Waals surface area contributed by atoms with Crippen molar-refractivity contribution in [1.82, 2.24) is 24.2 Å². The molecule has 1 atom stereocenters. The molecule has 0 saturated carbocycles. The minimum absolute atomic E-state index is 0.189. The molecule has 0 aliphatic carbocycles. The highest BCUT2D eigenvalue weighted by Gasteiger charge is 2.39. The van der Waals surface area contributed by atoms with Crippen molar-refractivity contribution in [2.24, 2.45) is 0 Å². The number of aromatic nitrogens is 4. The SMILES string of the molecule is CCc1cnc2c(c1)c(C#N)c(-c1ccc(S(=O)(=O)NC(C)C(F)(F)F)cn1)n2-c1cc(N)ccn1. The number of nitrogen functional groups attached to an aromatic ring is 1. The fourth-order valence-corrected chi connectivity index (χ4v) is 4.76. The van der Waals surface area contributed by atoms with Gasteiger partial charge in [-0.1, -0.05) is 6.92 Å². The van der Waals surface area contributed by atoms with Gasteiger partial charge < -0.3 is 5.73 Å². The second-order valence-corrected chi connectivity index (χ2v) is 9.66. The summed E-state index contributed by atoms with van der Waals surface area (Å²) in [7, 11) is -4.50. The van der Waals surface area contributed by atoms with Crippen LogP contribution in [0.15, 0.2) is 53.8 Å². The first-order valence-electron chi connectivity index (χ1n) is 10.7. The van der Waals surface area contributed by atoms with Crippen LogP contribution in [0.2, 0.25) is 0 Å². The number of anilines is 1. The lowest BCUT2D eigenvalue weighted by Crippen LogP contribution is -2.42. The zero-order valence-corrected chi connectivity index (χ0v) is 19.9. The number of hydrogen-bond acceptors (Lipinski definition) is 7. The molecular formula is C23H20F3N7O2S. The molecule has 0 amide bonds. The predicted octanol–water partition coefficient (Wildman–Crippen LogP) is 3.73. The van der Waals surface area contributed by atoms with Gasteiger partial charge in [-0.2, -0.15) is 23.2 Å². The van der Waals surface area contributed by atoms with Crippen molar-refractivity contribution in [2.75, 3.05) is 5.73 Å². The minimum atomic E-state index is -4.75. The quantitative estimate of drug-likeness (QED) is 0.399. The second-order valence-electron chi connectivity index (χ2n) is 7.95. The summed E-state index contributed by atoms with van der Waals surface area (Å²) in [5.74, 6) is 0.354. The summed E-state index contributed by atoms with van der Waals surface area (Å²) in [6.45, 7) is 2.65. The van der Waals surface area contributed by atoms with E-state index in [0.717, 1.165) is 17.8 Å². The molecule has 0 fully saturated rings. The van der Waals surface area contributed by atoms with Crippen LogP contribution in [0.4, 0.5) is 18.9 Å². The highest BCUT2D eigenvalue weighted by Crippen LogP contribution is 2.35. The second kappa shape index (κ2) is 9.21. The number of nitrogens with two attached hydrogens (primary N) is 1. The molecule has 0 bridgehead atoms. The standard InChI is InChI=1S/C23H20F3N7O2S/c1-3-14-8-17-18(10-27)21(33(22(17)31-11-14)20-9-15(28)6-7-29-20)19-5-4-16(12-30-19)36(34,35)32-13(2)23(24,25)26/h4-9,11-13,32H,3H2,1-2H3,(H2,28,29). The van der Waals surface area contributed by atoms with Gasteiger partial charge >= 0.3 is 6.18 Å². The molecule has 0 aliphatic heterocycles. The number of sulfonamides is 1. The lowest BCUT2D eigenvalue weighted by atomic mass is 10.1. The van der Waals surface area contributed by atoms with E-state index in [1.807, 2.05) is 13.0 Å². The zero-order chi connectivity index (χ0) is 26.3. The highest BCUT2D eigenvalue weighted by atomic mass is 32.2. The molecule has 0 aliphatic rings. The van der Waals surface area contributed by atoms with E-state index in [1.165, 1.54) is 12.3 Å². The summed E-state index contributed by atoms with van der Waals surface area (Å²) >= 11 is 0. The van der Waals surface area contributed by atoms with Crippen molar-refractivity contribution >= 4 is 26.7 Å². The van der Waals surface area contributed by atoms with Gasteiger partial charge in [-0.15, -0.1) is 0 Å². The Morgan fingerprint density at radius 3 is 2.50 bits per heavy atom. The molecular weight excluding hydrogens is 495 g/mol. The Balaban J connectivity index is 1.90. The topological polar surface area (TPSA) is 140 Å².